The Morgan fingerprint density at radius 2 is 2.05 bits per heavy atom. The van der Waals surface area contributed by atoms with Crippen LogP contribution in [0, 0.1) is 6.92 Å². The minimum atomic E-state index is 0.255. The van der Waals surface area contributed by atoms with Crippen molar-refractivity contribution in [2.75, 3.05) is 6.54 Å². The number of aryl methyl sites for hydroxylation is 1. The van der Waals surface area contributed by atoms with E-state index in [0.717, 1.165) is 23.4 Å². The van der Waals surface area contributed by atoms with Gasteiger partial charge in [-0.25, -0.2) is 9.97 Å². The molecule has 0 amide bonds. The molecule has 19 heavy (non-hydrogen) atoms. The molecule has 1 aromatic heterocycles. The predicted molar refractivity (Wildman–Crippen MR) is 79.3 cm³/mol. The summed E-state index contributed by atoms with van der Waals surface area (Å²) in [4.78, 5) is 9.01. The Labute approximate surface area is 119 Å². The first kappa shape index (κ1) is 14.0. The van der Waals surface area contributed by atoms with Crippen molar-refractivity contribution >= 4 is 11.6 Å². The van der Waals surface area contributed by atoms with Crippen LogP contribution in [0.5, 0.6) is 0 Å². The summed E-state index contributed by atoms with van der Waals surface area (Å²) < 4.78 is 0. The fourth-order valence-corrected chi connectivity index (χ4v) is 2.31. The molecule has 1 aromatic carbocycles. The van der Waals surface area contributed by atoms with Crippen molar-refractivity contribution in [2.45, 2.75) is 26.8 Å². The van der Waals surface area contributed by atoms with E-state index in [1.54, 1.807) is 0 Å². The van der Waals surface area contributed by atoms with Crippen molar-refractivity contribution in [1.29, 1.82) is 0 Å². The summed E-state index contributed by atoms with van der Waals surface area (Å²) in [5.41, 5.74) is 2.98. The van der Waals surface area contributed by atoms with Gasteiger partial charge in [-0.1, -0.05) is 30.7 Å². The van der Waals surface area contributed by atoms with Gasteiger partial charge < -0.3 is 5.32 Å². The molecule has 0 aliphatic heterocycles. The highest BCUT2D eigenvalue weighted by Crippen LogP contribution is 2.25. The van der Waals surface area contributed by atoms with Crippen LogP contribution in [-0.2, 0) is 0 Å². The highest BCUT2D eigenvalue weighted by molar-refractivity contribution is 6.33. The maximum absolute atomic E-state index is 6.17. The maximum atomic E-state index is 6.17. The number of aromatic nitrogens is 2. The number of benzene rings is 1. The van der Waals surface area contributed by atoms with Crippen molar-refractivity contribution < 1.29 is 0 Å². The highest BCUT2D eigenvalue weighted by Gasteiger charge is 2.12. The van der Waals surface area contributed by atoms with E-state index in [4.69, 9.17) is 11.6 Å². The Balaban J connectivity index is 2.37. The number of hydrogen-bond donors (Lipinski definition) is 1. The van der Waals surface area contributed by atoms with Gasteiger partial charge in [0, 0.05) is 29.1 Å². The second kappa shape index (κ2) is 6.13. The normalized spacial score (nSPS) is 12.4. The Morgan fingerprint density at radius 1 is 1.32 bits per heavy atom. The molecule has 1 unspecified atom stereocenters. The molecule has 0 aliphatic rings. The van der Waals surface area contributed by atoms with Crippen molar-refractivity contribution in [3.05, 3.63) is 46.7 Å². The second-order valence-corrected chi connectivity index (χ2v) is 4.90. The van der Waals surface area contributed by atoms with Gasteiger partial charge in [-0.05, 0) is 32.5 Å². The first-order valence-corrected chi connectivity index (χ1v) is 6.83. The topological polar surface area (TPSA) is 37.8 Å². The second-order valence-electron chi connectivity index (χ2n) is 4.49. The van der Waals surface area contributed by atoms with E-state index in [1.807, 2.05) is 37.4 Å². The fourth-order valence-electron chi connectivity index (χ4n) is 2.09. The summed E-state index contributed by atoms with van der Waals surface area (Å²) >= 11 is 6.17. The van der Waals surface area contributed by atoms with E-state index in [0.29, 0.717) is 10.8 Å². The van der Waals surface area contributed by atoms with E-state index in [9.17, 15) is 0 Å². The highest BCUT2D eigenvalue weighted by atomic mass is 35.5. The number of hydrogen-bond acceptors (Lipinski definition) is 3. The molecule has 100 valence electrons. The predicted octanol–water partition coefficient (Wildman–Crippen LogP) is 3.78. The third-order valence-electron chi connectivity index (χ3n) is 3.11. The molecule has 0 aliphatic carbocycles. The molecule has 3 nitrogen and oxygen atoms in total. The first-order chi connectivity index (χ1) is 9.13. The lowest BCUT2D eigenvalue weighted by atomic mass is 10.1. The molecule has 0 radical (unpaired) electrons. The lowest BCUT2D eigenvalue weighted by Gasteiger charge is -2.15. The number of rotatable bonds is 4. The van der Waals surface area contributed by atoms with Gasteiger partial charge >= 0.3 is 0 Å². The first-order valence-electron chi connectivity index (χ1n) is 6.45. The van der Waals surface area contributed by atoms with Gasteiger partial charge in [0.15, 0.2) is 5.82 Å². The molecule has 4 heteroatoms. The lowest BCUT2D eigenvalue weighted by molar-refractivity contribution is 0.590. The molecule has 2 rings (SSSR count). The molecular formula is C15H18ClN3. The van der Waals surface area contributed by atoms with Crippen molar-refractivity contribution in [3.63, 3.8) is 0 Å². The third kappa shape index (κ3) is 3.11. The smallest absolute Gasteiger partial charge is 0.160 e. The fraction of sp³-hybridized carbons (Fsp3) is 0.333. The van der Waals surface area contributed by atoms with E-state index in [1.165, 1.54) is 0 Å². The van der Waals surface area contributed by atoms with Crippen LogP contribution in [0.25, 0.3) is 11.4 Å². The summed E-state index contributed by atoms with van der Waals surface area (Å²) in [5.74, 6) is 0.676. The molecule has 0 saturated carbocycles. The third-order valence-corrected chi connectivity index (χ3v) is 3.44. The van der Waals surface area contributed by atoms with Gasteiger partial charge in [0.1, 0.15) is 0 Å². The average Bonchev–Trinajstić information content (AvgIpc) is 2.39. The van der Waals surface area contributed by atoms with Crippen LogP contribution in [0.1, 0.15) is 31.1 Å². The van der Waals surface area contributed by atoms with Gasteiger partial charge in [-0.2, -0.15) is 0 Å². The number of nitrogens with zero attached hydrogens (tertiary/aromatic N) is 2. The maximum Gasteiger partial charge on any atom is 0.160 e. The number of nitrogens with one attached hydrogen (secondary N) is 1. The quantitative estimate of drug-likeness (QED) is 0.923. The Morgan fingerprint density at radius 3 is 2.68 bits per heavy atom. The van der Waals surface area contributed by atoms with E-state index >= 15 is 0 Å². The minimum Gasteiger partial charge on any atom is -0.310 e. The average molecular weight is 276 g/mol. The standard InChI is InChI=1S/C15H18ClN3/c1-4-17-10(2)13-9-18-15(19-11(13)3)12-7-5-6-8-14(12)16/h5-10,17H,4H2,1-3H3. The van der Waals surface area contributed by atoms with Crippen LogP contribution >= 0.6 is 11.6 Å². The summed E-state index contributed by atoms with van der Waals surface area (Å²) in [6, 6.07) is 7.88. The van der Waals surface area contributed by atoms with Gasteiger partial charge in [-0.15, -0.1) is 0 Å². The number of halogens is 1. The Hall–Kier alpha value is -1.45. The van der Waals surface area contributed by atoms with E-state index in [2.05, 4.69) is 29.1 Å². The summed E-state index contributed by atoms with van der Waals surface area (Å²) in [6.45, 7) is 7.13. The van der Waals surface area contributed by atoms with Gasteiger partial charge in [0.05, 0.1) is 5.02 Å². The van der Waals surface area contributed by atoms with Crippen molar-refractivity contribution in [3.8, 4) is 11.4 Å². The molecule has 0 spiro atoms. The van der Waals surface area contributed by atoms with E-state index < -0.39 is 0 Å². The molecule has 1 N–H and O–H groups in total. The molecule has 1 heterocycles. The van der Waals surface area contributed by atoms with Crippen molar-refractivity contribution in [1.82, 2.24) is 15.3 Å². The van der Waals surface area contributed by atoms with Gasteiger partial charge in [0.2, 0.25) is 0 Å². The summed E-state index contributed by atoms with van der Waals surface area (Å²) in [6.07, 6.45) is 1.88. The van der Waals surface area contributed by atoms with Gasteiger partial charge in [0.25, 0.3) is 0 Å². The Kier molecular flexibility index (Phi) is 4.51. The summed E-state index contributed by atoms with van der Waals surface area (Å²) in [5, 5.41) is 4.04. The van der Waals surface area contributed by atoms with E-state index in [-0.39, 0.29) is 6.04 Å². The van der Waals surface area contributed by atoms with Crippen molar-refractivity contribution in [2.24, 2.45) is 0 Å². The minimum absolute atomic E-state index is 0.255. The van der Waals surface area contributed by atoms with Crippen LogP contribution in [0.15, 0.2) is 30.5 Å². The largest absolute Gasteiger partial charge is 0.310 e. The zero-order valence-corrected chi connectivity index (χ0v) is 12.2. The molecule has 0 bridgehead atoms. The van der Waals surface area contributed by atoms with Crippen LogP contribution in [0.3, 0.4) is 0 Å². The molecule has 1 atom stereocenters. The van der Waals surface area contributed by atoms with Crippen LogP contribution in [0.2, 0.25) is 5.02 Å². The summed E-state index contributed by atoms with van der Waals surface area (Å²) in [7, 11) is 0. The molecular weight excluding hydrogens is 258 g/mol. The van der Waals surface area contributed by atoms with Crippen LogP contribution in [0.4, 0.5) is 0 Å². The SMILES string of the molecule is CCNC(C)c1cnc(-c2ccccc2Cl)nc1C. The van der Waals surface area contributed by atoms with Crippen LogP contribution < -0.4 is 5.32 Å². The molecule has 0 saturated heterocycles. The lowest BCUT2D eigenvalue weighted by Crippen LogP contribution is -2.19. The Bertz CT molecular complexity index is 569. The molecule has 2 aromatic rings. The zero-order chi connectivity index (χ0) is 13.8. The van der Waals surface area contributed by atoms with Crippen LogP contribution in [-0.4, -0.2) is 16.5 Å². The zero-order valence-electron chi connectivity index (χ0n) is 11.4. The monoisotopic (exact) mass is 275 g/mol. The van der Waals surface area contributed by atoms with Gasteiger partial charge in [-0.3, -0.25) is 0 Å². The molecule has 0 fully saturated rings.